The molecule has 0 atom stereocenters. The minimum atomic E-state index is -0.379. The van der Waals surface area contributed by atoms with Crippen LogP contribution in [0.2, 0.25) is 5.02 Å². The average molecular weight is 496 g/mol. The minimum Gasteiger partial charge on any atom is -0.319 e. The van der Waals surface area contributed by atoms with Crippen LogP contribution in [0.25, 0.3) is 17.1 Å². The van der Waals surface area contributed by atoms with Crippen LogP contribution >= 0.6 is 27.5 Å². The second-order valence-electron chi connectivity index (χ2n) is 7.38. The summed E-state index contributed by atoms with van der Waals surface area (Å²) in [7, 11) is 0. The minimum absolute atomic E-state index is 0.0783. The highest BCUT2D eigenvalue weighted by Crippen LogP contribution is 2.26. The monoisotopic (exact) mass is 494 g/mol. The fourth-order valence-corrected chi connectivity index (χ4v) is 3.79. The molecule has 0 aliphatic heterocycles. The smallest absolute Gasteiger partial charge is 0.295 e. The second-order valence-corrected chi connectivity index (χ2v) is 8.71. The molecule has 1 N–H and O–H groups in total. The summed E-state index contributed by atoms with van der Waals surface area (Å²) in [5.41, 5.74) is 5.33. The molecule has 1 aromatic heterocycles. The third kappa shape index (κ3) is 4.55. The molecule has 0 spiro atoms. The predicted molar refractivity (Wildman–Crippen MR) is 128 cm³/mol. The van der Waals surface area contributed by atoms with Crippen molar-refractivity contribution in [2.45, 2.75) is 20.8 Å². The lowest BCUT2D eigenvalue weighted by Gasteiger charge is -2.08. The van der Waals surface area contributed by atoms with Crippen LogP contribution in [0.1, 0.15) is 27.3 Å². The predicted octanol–water partition coefficient (Wildman–Crippen LogP) is 6.53. The van der Waals surface area contributed by atoms with Crippen LogP contribution in [-0.2, 0) is 0 Å². The van der Waals surface area contributed by atoms with Crippen molar-refractivity contribution in [2.75, 3.05) is 5.32 Å². The van der Waals surface area contributed by atoms with E-state index in [9.17, 15) is 4.79 Å². The Hall–Kier alpha value is -2.96. The number of rotatable bonds is 4. The summed E-state index contributed by atoms with van der Waals surface area (Å²) in [6, 6.07) is 19.2. The molecular formula is C24H20BrClN4O. The van der Waals surface area contributed by atoms with Gasteiger partial charge in [0.1, 0.15) is 0 Å². The largest absolute Gasteiger partial charge is 0.319 e. The van der Waals surface area contributed by atoms with E-state index in [1.54, 1.807) is 4.68 Å². The van der Waals surface area contributed by atoms with Gasteiger partial charge in [-0.25, -0.2) is 9.67 Å². The summed E-state index contributed by atoms with van der Waals surface area (Å²) in [5, 5.41) is 8.05. The maximum Gasteiger partial charge on any atom is 0.295 e. The molecule has 0 unspecified atom stereocenters. The second kappa shape index (κ2) is 8.65. The van der Waals surface area contributed by atoms with E-state index in [-0.39, 0.29) is 11.7 Å². The Morgan fingerprint density at radius 3 is 2.39 bits per heavy atom. The molecule has 7 heteroatoms. The van der Waals surface area contributed by atoms with Crippen molar-refractivity contribution in [3.63, 3.8) is 0 Å². The van der Waals surface area contributed by atoms with Gasteiger partial charge in [0.25, 0.3) is 5.91 Å². The van der Waals surface area contributed by atoms with Gasteiger partial charge < -0.3 is 5.32 Å². The lowest BCUT2D eigenvalue weighted by atomic mass is 10.1. The third-order valence-corrected chi connectivity index (χ3v) is 5.86. The number of amides is 1. The van der Waals surface area contributed by atoms with Crippen LogP contribution in [0.15, 0.2) is 65.1 Å². The van der Waals surface area contributed by atoms with Gasteiger partial charge in [0.2, 0.25) is 5.82 Å². The zero-order chi connectivity index (χ0) is 22.1. The number of halogens is 2. The molecule has 0 aliphatic carbocycles. The summed E-state index contributed by atoms with van der Waals surface area (Å²) >= 11 is 9.78. The van der Waals surface area contributed by atoms with Crippen LogP contribution < -0.4 is 5.32 Å². The number of aryl methyl sites for hydroxylation is 3. The lowest BCUT2D eigenvalue weighted by Crippen LogP contribution is -2.15. The van der Waals surface area contributed by atoms with Gasteiger partial charge in [-0.1, -0.05) is 63.4 Å². The van der Waals surface area contributed by atoms with Crippen molar-refractivity contribution in [3.8, 4) is 17.1 Å². The van der Waals surface area contributed by atoms with Gasteiger partial charge >= 0.3 is 0 Å². The molecule has 4 aromatic rings. The molecule has 0 saturated carbocycles. The zero-order valence-corrected chi connectivity index (χ0v) is 19.6. The first-order chi connectivity index (χ1) is 14.8. The van der Waals surface area contributed by atoms with Crippen molar-refractivity contribution in [2.24, 2.45) is 0 Å². The molecule has 0 fully saturated rings. The first kappa shape index (κ1) is 21.3. The molecule has 0 saturated heterocycles. The van der Waals surface area contributed by atoms with Crippen LogP contribution in [-0.4, -0.2) is 20.7 Å². The number of carbonyl (C=O) groups is 1. The first-order valence-corrected chi connectivity index (χ1v) is 10.9. The lowest BCUT2D eigenvalue weighted by molar-refractivity contribution is 0.101. The summed E-state index contributed by atoms with van der Waals surface area (Å²) in [6.07, 6.45) is 0. The first-order valence-electron chi connectivity index (χ1n) is 9.70. The van der Waals surface area contributed by atoms with E-state index in [1.807, 2.05) is 81.4 Å². The zero-order valence-electron chi connectivity index (χ0n) is 17.3. The Morgan fingerprint density at radius 2 is 1.71 bits per heavy atom. The summed E-state index contributed by atoms with van der Waals surface area (Å²) in [6.45, 7) is 5.89. The molecule has 4 rings (SSSR count). The number of hydrogen-bond donors (Lipinski definition) is 1. The standard InChI is InChI=1S/C24H20BrClN4O/c1-14-4-7-17(8-5-14)23-28-22(24(31)27-21-11-9-18(25)12-16(21)3)29-30(23)19-10-6-15(2)20(26)13-19/h4-13H,1-3H3,(H,27,31). The van der Waals surface area contributed by atoms with Gasteiger partial charge in [0, 0.05) is 20.7 Å². The fourth-order valence-electron chi connectivity index (χ4n) is 3.14. The van der Waals surface area contributed by atoms with E-state index in [2.05, 4.69) is 31.3 Å². The van der Waals surface area contributed by atoms with E-state index in [1.165, 1.54) is 0 Å². The van der Waals surface area contributed by atoms with Gasteiger partial charge in [-0.05, 0) is 62.2 Å². The van der Waals surface area contributed by atoms with E-state index in [0.717, 1.165) is 32.4 Å². The number of anilines is 1. The molecule has 1 amide bonds. The van der Waals surface area contributed by atoms with E-state index >= 15 is 0 Å². The topological polar surface area (TPSA) is 59.8 Å². The average Bonchev–Trinajstić information content (AvgIpc) is 3.18. The highest BCUT2D eigenvalue weighted by atomic mass is 79.9. The summed E-state index contributed by atoms with van der Waals surface area (Å²) < 4.78 is 2.60. The number of hydrogen-bond acceptors (Lipinski definition) is 3. The van der Waals surface area contributed by atoms with Crippen LogP contribution in [0.5, 0.6) is 0 Å². The van der Waals surface area contributed by atoms with Gasteiger partial charge in [0.15, 0.2) is 5.82 Å². The SMILES string of the molecule is Cc1ccc(-c2nc(C(=O)Nc3ccc(Br)cc3C)nn2-c2ccc(C)c(Cl)c2)cc1. The Kier molecular flexibility index (Phi) is 5.94. The number of nitrogens with one attached hydrogen (secondary N) is 1. The quantitative estimate of drug-likeness (QED) is 0.350. The molecule has 1 heterocycles. The van der Waals surface area contributed by atoms with Crippen molar-refractivity contribution in [3.05, 3.63) is 92.7 Å². The number of benzene rings is 3. The molecule has 3 aromatic carbocycles. The fraction of sp³-hybridized carbons (Fsp3) is 0.125. The number of carbonyl (C=O) groups excluding carboxylic acids is 1. The third-order valence-electron chi connectivity index (χ3n) is 4.96. The summed E-state index contributed by atoms with van der Waals surface area (Å²) in [4.78, 5) is 17.5. The maximum absolute atomic E-state index is 13.0. The van der Waals surface area contributed by atoms with Crippen LogP contribution in [0.4, 0.5) is 5.69 Å². The van der Waals surface area contributed by atoms with Crippen molar-refractivity contribution < 1.29 is 4.79 Å². The Bertz CT molecular complexity index is 1280. The molecule has 31 heavy (non-hydrogen) atoms. The highest BCUT2D eigenvalue weighted by molar-refractivity contribution is 9.10. The van der Waals surface area contributed by atoms with Gasteiger partial charge in [-0.3, -0.25) is 4.79 Å². The molecule has 5 nitrogen and oxygen atoms in total. The van der Waals surface area contributed by atoms with E-state index in [0.29, 0.717) is 16.5 Å². The van der Waals surface area contributed by atoms with E-state index in [4.69, 9.17) is 11.6 Å². The van der Waals surface area contributed by atoms with Crippen LogP contribution in [0.3, 0.4) is 0 Å². The highest BCUT2D eigenvalue weighted by Gasteiger charge is 2.20. The molecule has 0 aliphatic rings. The summed E-state index contributed by atoms with van der Waals surface area (Å²) in [5.74, 6) is 0.267. The van der Waals surface area contributed by atoms with Gasteiger partial charge in [-0.2, -0.15) is 0 Å². The Balaban J connectivity index is 1.77. The van der Waals surface area contributed by atoms with E-state index < -0.39 is 0 Å². The number of nitrogens with zero attached hydrogens (tertiary/aromatic N) is 3. The maximum atomic E-state index is 13.0. The van der Waals surface area contributed by atoms with Crippen molar-refractivity contribution in [1.29, 1.82) is 0 Å². The normalized spacial score (nSPS) is 10.9. The van der Waals surface area contributed by atoms with Crippen molar-refractivity contribution >= 4 is 39.1 Å². The molecule has 0 radical (unpaired) electrons. The Labute approximate surface area is 194 Å². The number of aromatic nitrogens is 3. The van der Waals surface area contributed by atoms with Crippen LogP contribution in [0, 0.1) is 20.8 Å². The van der Waals surface area contributed by atoms with Crippen molar-refractivity contribution in [1.82, 2.24) is 14.8 Å². The van der Waals surface area contributed by atoms with Gasteiger partial charge in [-0.15, -0.1) is 5.10 Å². The Morgan fingerprint density at radius 1 is 0.968 bits per heavy atom. The van der Waals surface area contributed by atoms with Gasteiger partial charge in [0.05, 0.1) is 5.69 Å². The molecule has 0 bridgehead atoms. The molecule has 156 valence electrons. The molecular weight excluding hydrogens is 476 g/mol.